The number of carbonyl (C=O) groups is 1. The number of nitrogens with zero attached hydrogens (tertiary/aromatic N) is 1. The minimum Gasteiger partial charge on any atom is -0.338 e. The summed E-state index contributed by atoms with van der Waals surface area (Å²) in [6.07, 6.45) is 3.60. The molecule has 2 amide bonds. The second-order valence-corrected chi connectivity index (χ2v) is 4.13. The molecule has 0 aromatic carbocycles. The molecule has 1 saturated heterocycles. The lowest BCUT2D eigenvalue weighted by molar-refractivity contribution is 0.185. The van der Waals surface area contributed by atoms with Crippen molar-refractivity contribution in [2.45, 2.75) is 33.1 Å². The summed E-state index contributed by atoms with van der Waals surface area (Å²) in [6, 6.07) is 0.119. The Kier molecular flexibility index (Phi) is 4.06. The van der Waals surface area contributed by atoms with Crippen molar-refractivity contribution in [3.8, 4) is 0 Å². The van der Waals surface area contributed by atoms with Crippen LogP contribution < -0.4 is 5.32 Å². The fourth-order valence-electron chi connectivity index (χ4n) is 1.50. The molecule has 0 aromatic rings. The Morgan fingerprint density at radius 2 is 1.92 bits per heavy atom. The minimum atomic E-state index is 0.119. The van der Waals surface area contributed by atoms with Crippen LogP contribution in [0.15, 0.2) is 0 Å². The van der Waals surface area contributed by atoms with Crippen LogP contribution in [-0.2, 0) is 0 Å². The fourth-order valence-corrected chi connectivity index (χ4v) is 1.50. The van der Waals surface area contributed by atoms with Crippen molar-refractivity contribution < 1.29 is 4.79 Å². The van der Waals surface area contributed by atoms with E-state index in [1.54, 1.807) is 0 Å². The standard InChI is InChI=1S/C10H20N2O/c1-9(2)8-11-10(13)12-6-4-3-5-7-12/h9H,3-8H2,1-2H3,(H,11,13). The quantitative estimate of drug-likeness (QED) is 0.697. The smallest absolute Gasteiger partial charge is 0.317 e. The predicted molar refractivity (Wildman–Crippen MR) is 53.7 cm³/mol. The number of urea groups is 1. The summed E-state index contributed by atoms with van der Waals surface area (Å²) in [4.78, 5) is 13.4. The Labute approximate surface area is 80.5 Å². The summed E-state index contributed by atoms with van der Waals surface area (Å²) in [5, 5.41) is 2.94. The molecular weight excluding hydrogens is 164 g/mol. The van der Waals surface area contributed by atoms with Crippen LogP contribution in [0.1, 0.15) is 33.1 Å². The molecule has 1 fully saturated rings. The van der Waals surface area contributed by atoms with E-state index in [0.717, 1.165) is 32.5 Å². The summed E-state index contributed by atoms with van der Waals surface area (Å²) < 4.78 is 0. The van der Waals surface area contributed by atoms with Gasteiger partial charge in [-0.25, -0.2) is 4.79 Å². The van der Waals surface area contributed by atoms with Gasteiger partial charge in [-0.3, -0.25) is 0 Å². The lowest BCUT2D eigenvalue weighted by Crippen LogP contribution is -2.43. The summed E-state index contributed by atoms with van der Waals surface area (Å²) in [6.45, 7) is 6.87. The predicted octanol–water partition coefficient (Wildman–Crippen LogP) is 1.84. The van der Waals surface area contributed by atoms with E-state index in [-0.39, 0.29) is 6.03 Å². The first-order valence-electron chi connectivity index (χ1n) is 5.23. The van der Waals surface area contributed by atoms with E-state index in [2.05, 4.69) is 19.2 Å². The number of hydrogen-bond acceptors (Lipinski definition) is 1. The van der Waals surface area contributed by atoms with E-state index < -0.39 is 0 Å². The van der Waals surface area contributed by atoms with Gasteiger partial charge < -0.3 is 10.2 Å². The zero-order chi connectivity index (χ0) is 9.68. The van der Waals surface area contributed by atoms with Crippen molar-refractivity contribution in [3.05, 3.63) is 0 Å². The first kappa shape index (κ1) is 10.4. The van der Waals surface area contributed by atoms with Crippen LogP contribution in [0.2, 0.25) is 0 Å². The third kappa shape index (κ3) is 3.66. The van der Waals surface area contributed by atoms with Gasteiger partial charge in [-0.05, 0) is 25.2 Å². The number of rotatable bonds is 2. The van der Waals surface area contributed by atoms with E-state index in [1.807, 2.05) is 4.90 Å². The van der Waals surface area contributed by atoms with Crippen molar-refractivity contribution in [2.75, 3.05) is 19.6 Å². The summed E-state index contributed by atoms with van der Waals surface area (Å²) in [7, 11) is 0. The maximum atomic E-state index is 11.5. The first-order valence-corrected chi connectivity index (χ1v) is 5.23. The number of carbonyl (C=O) groups excluding carboxylic acids is 1. The normalized spacial score (nSPS) is 17.6. The third-order valence-electron chi connectivity index (χ3n) is 2.30. The van der Waals surface area contributed by atoms with Gasteiger partial charge in [0.15, 0.2) is 0 Å². The molecule has 1 rings (SSSR count). The molecule has 0 bridgehead atoms. The zero-order valence-corrected chi connectivity index (χ0v) is 8.68. The molecule has 0 spiro atoms. The topological polar surface area (TPSA) is 32.3 Å². The SMILES string of the molecule is CC(C)CNC(=O)N1CCCCC1. The van der Waals surface area contributed by atoms with Crippen LogP contribution in [-0.4, -0.2) is 30.6 Å². The molecule has 0 aromatic heterocycles. The van der Waals surface area contributed by atoms with Crippen LogP contribution in [0.25, 0.3) is 0 Å². The average molecular weight is 184 g/mol. The van der Waals surface area contributed by atoms with E-state index in [4.69, 9.17) is 0 Å². The Bertz CT molecular complexity index is 162. The molecule has 3 heteroatoms. The molecule has 0 atom stereocenters. The van der Waals surface area contributed by atoms with Crippen LogP contribution in [0, 0.1) is 5.92 Å². The average Bonchev–Trinajstić information content (AvgIpc) is 2.15. The minimum absolute atomic E-state index is 0.119. The number of amides is 2. The Morgan fingerprint density at radius 3 is 2.46 bits per heavy atom. The van der Waals surface area contributed by atoms with Gasteiger partial charge >= 0.3 is 6.03 Å². The monoisotopic (exact) mass is 184 g/mol. The van der Waals surface area contributed by atoms with Crippen molar-refractivity contribution in [1.29, 1.82) is 0 Å². The zero-order valence-electron chi connectivity index (χ0n) is 8.68. The van der Waals surface area contributed by atoms with Gasteiger partial charge in [0.1, 0.15) is 0 Å². The first-order chi connectivity index (χ1) is 6.20. The van der Waals surface area contributed by atoms with E-state index >= 15 is 0 Å². The van der Waals surface area contributed by atoms with Crippen LogP contribution in [0.4, 0.5) is 4.79 Å². The van der Waals surface area contributed by atoms with Gasteiger partial charge in [-0.1, -0.05) is 13.8 Å². The van der Waals surface area contributed by atoms with E-state index in [0.29, 0.717) is 5.92 Å². The summed E-state index contributed by atoms with van der Waals surface area (Å²) in [5.41, 5.74) is 0. The molecule has 0 aliphatic carbocycles. The lowest BCUT2D eigenvalue weighted by Gasteiger charge is -2.27. The highest BCUT2D eigenvalue weighted by molar-refractivity contribution is 5.74. The highest BCUT2D eigenvalue weighted by atomic mass is 16.2. The molecular formula is C10H20N2O. The van der Waals surface area contributed by atoms with Gasteiger partial charge in [-0.2, -0.15) is 0 Å². The molecule has 1 aliphatic heterocycles. The van der Waals surface area contributed by atoms with Crippen molar-refractivity contribution in [2.24, 2.45) is 5.92 Å². The molecule has 0 unspecified atom stereocenters. The maximum absolute atomic E-state index is 11.5. The van der Waals surface area contributed by atoms with Crippen molar-refractivity contribution in [3.63, 3.8) is 0 Å². The lowest BCUT2D eigenvalue weighted by atomic mass is 10.1. The molecule has 1 N–H and O–H groups in total. The van der Waals surface area contributed by atoms with E-state index in [1.165, 1.54) is 6.42 Å². The Hall–Kier alpha value is -0.730. The fraction of sp³-hybridized carbons (Fsp3) is 0.900. The van der Waals surface area contributed by atoms with Crippen LogP contribution >= 0.6 is 0 Å². The second kappa shape index (κ2) is 5.10. The summed E-state index contributed by atoms with van der Waals surface area (Å²) >= 11 is 0. The number of likely N-dealkylation sites (tertiary alicyclic amines) is 1. The molecule has 0 radical (unpaired) electrons. The van der Waals surface area contributed by atoms with Gasteiger partial charge in [0.2, 0.25) is 0 Å². The number of hydrogen-bond donors (Lipinski definition) is 1. The summed E-state index contributed by atoms with van der Waals surface area (Å²) in [5.74, 6) is 0.536. The highest BCUT2D eigenvalue weighted by Crippen LogP contribution is 2.08. The molecule has 1 heterocycles. The van der Waals surface area contributed by atoms with Crippen LogP contribution in [0.3, 0.4) is 0 Å². The number of nitrogens with one attached hydrogen (secondary N) is 1. The Morgan fingerprint density at radius 1 is 1.31 bits per heavy atom. The van der Waals surface area contributed by atoms with Gasteiger partial charge in [0.25, 0.3) is 0 Å². The van der Waals surface area contributed by atoms with Gasteiger partial charge in [0.05, 0.1) is 0 Å². The molecule has 3 nitrogen and oxygen atoms in total. The third-order valence-corrected chi connectivity index (χ3v) is 2.30. The van der Waals surface area contributed by atoms with Gasteiger partial charge in [0, 0.05) is 19.6 Å². The van der Waals surface area contributed by atoms with Crippen molar-refractivity contribution >= 4 is 6.03 Å². The molecule has 0 saturated carbocycles. The number of piperidine rings is 1. The van der Waals surface area contributed by atoms with E-state index in [9.17, 15) is 4.79 Å². The van der Waals surface area contributed by atoms with Gasteiger partial charge in [-0.15, -0.1) is 0 Å². The largest absolute Gasteiger partial charge is 0.338 e. The maximum Gasteiger partial charge on any atom is 0.317 e. The molecule has 76 valence electrons. The highest BCUT2D eigenvalue weighted by Gasteiger charge is 2.15. The van der Waals surface area contributed by atoms with Crippen molar-refractivity contribution in [1.82, 2.24) is 10.2 Å². The van der Waals surface area contributed by atoms with Crippen LogP contribution in [0.5, 0.6) is 0 Å². The second-order valence-electron chi connectivity index (χ2n) is 4.13. The molecule has 1 aliphatic rings. The Balaban J connectivity index is 2.21. The molecule has 13 heavy (non-hydrogen) atoms.